The van der Waals surface area contributed by atoms with E-state index in [1.807, 2.05) is 30.3 Å². The van der Waals surface area contributed by atoms with Crippen molar-refractivity contribution < 1.29 is 5.11 Å². The predicted molar refractivity (Wildman–Crippen MR) is 71.8 cm³/mol. The molecule has 2 atom stereocenters. The standard InChI is InChI=1S/C16H19NO/c1-2-16(18,14-6-4-3-5-7-14)15-12-17-10-8-13(15)9-11-17/h1,3-7,13,15,18H,8-12H2. The normalized spacial score (nSPS) is 33.7. The Balaban J connectivity index is 1.95. The molecule has 0 aliphatic carbocycles. The van der Waals surface area contributed by atoms with Crippen LogP contribution in [0.25, 0.3) is 0 Å². The lowest BCUT2D eigenvalue weighted by Gasteiger charge is -2.49. The van der Waals surface area contributed by atoms with Crippen LogP contribution in [0.5, 0.6) is 0 Å². The number of hydrogen-bond acceptors (Lipinski definition) is 2. The van der Waals surface area contributed by atoms with Crippen LogP contribution in [0.3, 0.4) is 0 Å². The average Bonchev–Trinajstić information content (AvgIpc) is 2.48. The maximum Gasteiger partial charge on any atom is 0.154 e. The molecule has 0 saturated carbocycles. The number of piperidine rings is 3. The summed E-state index contributed by atoms with van der Waals surface area (Å²) in [5.41, 5.74) is -0.239. The van der Waals surface area contributed by atoms with Crippen LogP contribution >= 0.6 is 0 Å². The van der Waals surface area contributed by atoms with Crippen molar-refractivity contribution in [2.75, 3.05) is 19.6 Å². The molecule has 0 amide bonds. The van der Waals surface area contributed by atoms with E-state index < -0.39 is 5.60 Å². The summed E-state index contributed by atoms with van der Waals surface area (Å²) in [6.45, 7) is 3.26. The summed E-state index contributed by atoms with van der Waals surface area (Å²) in [5, 5.41) is 11.0. The fourth-order valence-electron chi connectivity index (χ4n) is 3.54. The van der Waals surface area contributed by atoms with Gasteiger partial charge in [0.1, 0.15) is 0 Å². The van der Waals surface area contributed by atoms with E-state index in [0.717, 1.165) is 25.2 Å². The molecule has 3 heterocycles. The number of aliphatic hydroxyl groups is 1. The van der Waals surface area contributed by atoms with Crippen LogP contribution in [0.1, 0.15) is 18.4 Å². The van der Waals surface area contributed by atoms with Crippen LogP contribution in [-0.4, -0.2) is 29.6 Å². The lowest BCUT2D eigenvalue weighted by Crippen LogP contribution is -2.54. The Morgan fingerprint density at radius 1 is 1.22 bits per heavy atom. The van der Waals surface area contributed by atoms with Gasteiger partial charge in [-0.1, -0.05) is 36.3 Å². The molecule has 1 aromatic rings. The Hall–Kier alpha value is -1.30. The molecule has 0 radical (unpaired) electrons. The summed E-state index contributed by atoms with van der Waals surface area (Å²) >= 11 is 0. The predicted octanol–water partition coefficient (Wildman–Crippen LogP) is 1.85. The molecule has 0 aromatic heterocycles. The molecule has 3 aliphatic rings. The van der Waals surface area contributed by atoms with Crippen molar-refractivity contribution in [2.24, 2.45) is 11.8 Å². The van der Waals surface area contributed by atoms with Crippen molar-refractivity contribution in [3.8, 4) is 12.3 Å². The van der Waals surface area contributed by atoms with E-state index in [1.165, 1.54) is 12.8 Å². The van der Waals surface area contributed by atoms with Gasteiger partial charge in [-0.25, -0.2) is 0 Å². The van der Waals surface area contributed by atoms with Gasteiger partial charge in [-0.05, 0) is 37.4 Å². The van der Waals surface area contributed by atoms with E-state index in [1.54, 1.807) is 0 Å². The Morgan fingerprint density at radius 3 is 2.39 bits per heavy atom. The summed E-state index contributed by atoms with van der Waals surface area (Å²) in [6.07, 6.45) is 8.02. The van der Waals surface area contributed by atoms with E-state index in [2.05, 4.69) is 10.8 Å². The molecule has 1 N–H and O–H groups in total. The topological polar surface area (TPSA) is 23.5 Å². The van der Waals surface area contributed by atoms with Crippen molar-refractivity contribution in [3.63, 3.8) is 0 Å². The average molecular weight is 241 g/mol. The number of fused-ring (bicyclic) bond motifs is 3. The lowest BCUT2D eigenvalue weighted by atomic mass is 9.68. The molecule has 2 bridgehead atoms. The monoisotopic (exact) mass is 241 g/mol. The highest BCUT2D eigenvalue weighted by Gasteiger charge is 2.46. The van der Waals surface area contributed by atoms with E-state index in [4.69, 9.17) is 6.42 Å². The van der Waals surface area contributed by atoms with E-state index >= 15 is 0 Å². The smallest absolute Gasteiger partial charge is 0.154 e. The minimum atomic E-state index is -1.11. The molecule has 3 fully saturated rings. The maximum atomic E-state index is 11.0. The van der Waals surface area contributed by atoms with Crippen molar-refractivity contribution in [1.29, 1.82) is 0 Å². The van der Waals surface area contributed by atoms with Crippen LogP contribution in [0.2, 0.25) is 0 Å². The SMILES string of the molecule is C#CC(O)(c1ccccc1)C1CN2CCC1CC2. The van der Waals surface area contributed by atoms with Crippen LogP contribution in [0.4, 0.5) is 0 Å². The third-order valence-corrected chi connectivity index (χ3v) is 4.63. The van der Waals surface area contributed by atoms with Gasteiger partial charge in [-0.2, -0.15) is 0 Å². The zero-order valence-corrected chi connectivity index (χ0v) is 10.5. The van der Waals surface area contributed by atoms with Gasteiger partial charge in [0.25, 0.3) is 0 Å². The number of terminal acetylenes is 1. The van der Waals surface area contributed by atoms with Gasteiger partial charge in [0.2, 0.25) is 0 Å². The highest BCUT2D eigenvalue weighted by molar-refractivity contribution is 5.32. The second-order valence-electron chi connectivity index (χ2n) is 5.52. The molecule has 3 saturated heterocycles. The molecular weight excluding hydrogens is 222 g/mol. The lowest BCUT2D eigenvalue weighted by molar-refractivity contribution is -0.0660. The minimum Gasteiger partial charge on any atom is -0.373 e. The largest absolute Gasteiger partial charge is 0.373 e. The summed E-state index contributed by atoms with van der Waals surface area (Å²) < 4.78 is 0. The van der Waals surface area contributed by atoms with Gasteiger partial charge in [0.05, 0.1) is 0 Å². The first-order valence-corrected chi connectivity index (χ1v) is 6.72. The molecule has 2 heteroatoms. The van der Waals surface area contributed by atoms with Crippen LogP contribution < -0.4 is 0 Å². The van der Waals surface area contributed by atoms with Crippen LogP contribution in [0.15, 0.2) is 30.3 Å². The first kappa shape index (κ1) is 11.8. The Labute approximate surface area is 109 Å². The highest BCUT2D eigenvalue weighted by Crippen LogP contribution is 2.42. The zero-order chi connectivity index (χ0) is 12.6. The Bertz CT molecular complexity index is 456. The Kier molecular flexibility index (Phi) is 2.89. The van der Waals surface area contributed by atoms with Crippen molar-refractivity contribution in [1.82, 2.24) is 4.90 Å². The number of rotatable bonds is 2. The highest BCUT2D eigenvalue weighted by atomic mass is 16.3. The molecule has 4 rings (SSSR count). The summed E-state index contributed by atoms with van der Waals surface area (Å²) in [7, 11) is 0. The second kappa shape index (κ2) is 4.42. The minimum absolute atomic E-state index is 0.174. The first-order chi connectivity index (χ1) is 8.74. The maximum absolute atomic E-state index is 11.0. The molecule has 2 nitrogen and oxygen atoms in total. The van der Waals surface area contributed by atoms with Gasteiger partial charge >= 0.3 is 0 Å². The number of hydrogen-bond donors (Lipinski definition) is 1. The van der Waals surface area contributed by atoms with Crippen LogP contribution in [-0.2, 0) is 5.60 Å². The number of nitrogens with zero attached hydrogens (tertiary/aromatic N) is 1. The fourth-order valence-corrected chi connectivity index (χ4v) is 3.54. The van der Waals surface area contributed by atoms with Gasteiger partial charge in [0, 0.05) is 12.5 Å². The first-order valence-electron chi connectivity index (χ1n) is 6.72. The zero-order valence-electron chi connectivity index (χ0n) is 10.5. The molecule has 1 aromatic carbocycles. The summed E-state index contributed by atoms with van der Waals surface area (Å²) in [4.78, 5) is 2.43. The molecular formula is C16H19NO. The second-order valence-corrected chi connectivity index (χ2v) is 5.52. The van der Waals surface area contributed by atoms with Gasteiger partial charge in [0.15, 0.2) is 5.60 Å². The quantitative estimate of drug-likeness (QED) is 0.799. The molecule has 3 aliphatic heterocycles. The summed E-state index contributed by atoms with van der Waals surface area (Å²) in [5.74, 6) is 3.42. The Morgan fingerprint density at radius 2 is 1.89 bits per heavy atom. The van der Waals surface area contributed by atoms with Crippen molar-refractivity contribution in [3.05, 3.63) is 35.9 Å². The molecule has 18 heavy (non-hydrogen) atoms. The molecule has 2 unspecified atom stereocenters. The van der Waals surface area contributed by atoms with Gasteiger partial charge in [-0.15, -0.1) is 6.42 Å². The van der Waals surface area contributed by atoms with Gasteiger partial charge in [-0.3, -0.25) is 0 Å². The number of benzene rings is 1. The van der Waals surface area contributed by atoms with Gasteiger partial charge < -0.3 is 10.0 Å². The van der Waals surface area contributed by atoms with E-state index in [0.29, 0.717) is 5.92 Å². The third-order valence-electron chi connectivity index (χ3n) is 4.63. The third kappa shape index (κ3) is 1.75. The summed E-state index contributed by atoms with van der Waals surface area (Å²) in [6, 6.07) is 9.73. The van der Waals surface area contributed by atoms with Crippen molar-refractivity contribution >= 4 is 0 Å². The van der Waals surface area contributed by atoms with Crippen LogP contribution in [0, 0.1) is 24.2 Å². The molecule has 0 spiro atoms. The van der Waals surface area contributed by atoms with E-state index in [-0.39, 0.29) is 5.92 Å². The van der Waals surface area contributed by atoms with Crippen molar-refractivity contribution in [2.45, 2.75) is 18.4 Å². The fraction of sp³-hybridized carbons (Fsp3) is 0.500. The van der Waals surface area contributed by atoms with E-state index in [9.17, 15) is 5.11 Å². The molecule has 94 valence electrons.